The fourth-order valence-corrected chi connectivity index (χ4v) is 1.71. The van der Waals surface area contributed by atoms with Crippen LogP contribution >= 0.6 is 15.9 Å². The van der Waals surface area contributed by atoms with Gasteiger partial charge < -0.3 is 4.90 Å². The summed E-state index contributed by atoms with van der Waals surface area (Å²) < 4.78 is 1.04. The standard InChI is InChI=1S/C13H13BrN2/c1-10-8-13(15-9-12(10)14)16(2)11-6-4-3-5-7-11/h3-9H,1-2H3. The molecular formula is C13H13BrN2. The number of para-hydroxylation sites is 1. The van der Waals surface area contributed by atoms with Gasteiger partial charge in [0.2, 0.25) is 0 Å². The Labute approximate surface area is 104 Å². The first-order valence-corrected chi connectivity index (χ1v) is 5.88. The van der Waals surface area contributed by atoms with Crippen LogP contribution in [0.5, 0.6) is 0 Å². The van der Waals surface area contributed by atoms with E-state index >= 15 is 0 Å². The highest BCUT2D eigenvalue weighted by atomic mass is 79.9. The fraction of sp³-hybridized carbons (Fsp3) is 0.154. The van der Waals surface area contributed by atoms with E-state index in [1.54, 1.807) is 0 Å². The molecule has 0 aliphatic carbocycles. The summed E-state index contributed by atoms with van der Waals surface area (Å²) in [6.45, 7) is 2.06. The van der Waals surface area contributed by atoms with E-state index in [1.165, 1.54) is 5.56 Å². The summed E-state index contributed by atoms with van der Waals surface area (Å²) in [5.74, 6) is 0.951. The Morgan fingerprint density at radius 2 is 1.88 bits per heavy atom. The molecule has 0 aliphatic rings. The van der Waals surface area contributed by atoms with Crippen LogP contribution in [0.4, 0.5) is 11.5 Å². The number of halogens is 1. The van der Waals surface area contributed by atoms with Crippen molar-refractivity contribution in [1.29, 1.82) is 0 Å². The molecular weight excluding hydrogens is 264 g/mol. The molecule has 2 rings (SSSR count). The van der Waals surface area contributed by atoms with E-state index in [1.807, 2.05) is 31.4 Å². The second kappa shape index (κ2) is 4.66. The number of rotatable bonds is 2. The van der Waals surface area contributed by atoms with Gasteiger partial charge in [-0.1, -0.05) is 18.2 Å². The Balaban J connectivity index is 2.34. The molecule has 0 radical (unpaired) electrons. The van der Waals surface area contributed by atoms with Crippen molar-refractivity contribution >= 4 is 27.4 Å². The Kier molecular flexibility index (Phi) is 3.25. The SMILES string of the molecule is Cc1cc(N(C)c2ccccc2)ncc1Br. The van der Waals surface area contributed by atoms with Gasteiger partial charge >= 0.3 is 0 Å². The van der Waals surface area contributed by atoms with Crippen molar-refractivity contribution in [2.45, 2.75) is 6.92 Å². The first kappa shape index (κ1) is 11.1. The zero-order chi connectivity index (χ0) is 11.5. The third-order valence-corrected chi connectivity index (χ3v) is 3.35. The average molecular weight is 277 g/mol. The van der Waals surface area contributed by atoms with E-state index < -0.39 is 0 Å². The predicted molar refractivity (Wildman–Crippen MR) is 71.2 cm³/mol. The predicted octanol–water partition coefficient (Wildman–Crippen LogP) is 3.92. The quantitative estimate of drug-likeness (QED) is 0.827. The van der Waals surface area contributed by atoms with Gasteiger partial charge in [-0.2, -0.15) is 0 Å². The van der Waals surface area contributed by atoms with E-state index in [2.05, 4.69) is 50.9 Å². The van der Waals surface area contributed by atoms with Gasteiger partial charge in [0.25, 0.3) is 0 Å². The van der Waals surface area contributed by atoms with Crippen molar-refractivity contribution in [2.24, 2.45) is 0 Å². The lowest BCUT2D eigenvalue weighted by Gasteiger charge is -2.18. The molecule has 2 nitrogen and oxygen atoms in total. The minimum atomic E-state index is 0.951. The van der Waals surface area contributed by atoms with Crippen molar-refractivity contribution in [3.8, 4) is 0 Å². The van der Waals surface area contributed by atoms with Gasteiger partial charge in [-0.05, 0) is 46.6 Å². The van der Waals surface area contributed by atoms with Crippen molar-refractivity contribution in [1.82, 2.24) is 4.98 Å². The molecule has 16 heavy (non-hydrogen) atoms. The second-order valence-corrected chi connectivity index (χ2v) is 4.54. The first-order valence-electron chi connectivity index (χ1n) is 5.09. The molecule has 0 N–H and O–H groups in total. The maximum atomic E-state index is 4.39. The number of benzene rings is 1. The molecule has 1 aromatic carbocycles. The summed E-state index contributed by atoms with van der Waals surface area (Å²) in [5.41, 5.74) is 2.32. The van der Waals surface area contributed by atoms with Crippen molar-refractivity contribution < 1.29 is 0 Å². The fourth-order valence-electron chi connectivity index (χ4n) is 1.49. The van der Waals surface area contributed by atoms with Gasteiger partial charge in [-0.3, -0.25) is 0 Å². The van der Waals surface area contributed by atoms with Gasteiger partial charge in [-0.15, -0.1) is 0 Å². The van der Waals surface area contributed by atoms with Gasteiger partial charge in [0.15, 0.2) is 0 Å². The monoisotopic (exact) mass is 276 g/mol. The number of aromatic nitrogens is 1. The molecule has 0 bridgehead atoms. The minimum absolute atomic E-state index is 0.951. The van der Waals surface area contributed by atoms with Gasteiger partial charge in [0, 0.05) is 23.4 Å². The van der Waals surface area contributed by atoms with Crippen molar-refractivity contribution in [2.75, 3.05) is 11.9 Å². The summed E-state index contributed by atoms with van der Waals surface area (Å²) >= 11 is 3.45. The van der Waals surface area contributed by atoms with Crippen LogP contribution in [0.25, 0.3) is 0 Å². The van der Waals surface area contributed by atoms with E-state index in [9.17, 15) is 0 Å². The Hall–Kier alpha value is -1.35. The van der Waals surface area contributed by atoms with Crippen LogP contribution in [-0.2, 0) is 0 Å². The summed E-state index contributed by atoms with van der Waals surface area (Å²) in [4.78, 5) is 6.46. The highest BCUT2D eigenvalue weighted by Gasteiger charge is 2.05. The van der Waals surface area contributed by atoms with Gasteiger partial charge in [0.1, 0.15) is 5.82 Å². The topological polar surface area (TPSA) is 16.1 Å². The highest BCUT2D eigenvalue weighted by Crippen LogP contribution is 2.24. The Bertz CT molecular complexity index is 483. The molecule has 1 heterocycles. The van der Waals surface area contributed by atoms with Gasteiger partial charge in [0.05, 0.1) is 0 Å². The molecule has 0 spiro atoms. The summed E-state index contributed by atoms with van der Waals surface area (Å²) in [6, 6.07) is 12.3. The van der Waals surface area contributed by atoms with E-state index in [0.29, 0.717) is 0 Å². The van der Waals surface area contributed by atoms with Crippen LogP contribution in [0.3, 0.4) is 0 Å². The Morgan fingerprint density at radius 3 is 2.50 bits per heavy atom. The largest absolute Gasteiger partial charge is 0.329 e. The number of aryl methyl sites for hydroxylation is 1. The summed E-state index contributed by atoms with van der Waals surface area (Å²) in [7, 11) is 2.02. The maximum Gasteiger partial charge on any atom is 0.132 e. The molecule has 0 unspecified atom stereocenters. The maximum absolute atomic E-state index is 4.39. The molecule has 0 aliphatic heterocycles. The van der Waals surface area contributed by atoms with Crippen LogP contribution in [-0.4, -0.2) is 12.0 Å². The number of anilines is 2. The lowest BCUT2D eigenvalue weighted by molar-refractivity contribution is 1.11. The molecule has 0 fully saturated rings. The van der Waals surface area contributed by atoms with Crippen LogP contribution in [0.1, 0.15) is 5.56 Å². The molecule has 1 aromatic heterocycles. The summed E-state index contributed by atoms with van der Waals surface area (Å²) in [5, 5.41) is 0. The molecule has 82 valence electrons. The highest BCUT2D eigenvalue weighted by molar-refractivity contribution is 9.10. The van der Waals surface area contributed by atoms with Crippen molar-refractivity contribution in [3.63, 3.8) is 0 Å². The molecule has 0 atom stereocenters. The van der Waals surface area contributed by atoms with Crippen LogP contribution in [0, 0.1) is 6.92 Å². The number of hydrogen-bond acceptors (Lipinski definition) is 2. The second-order valence-electron chi connectivity index (χ2n) is 3.69. The third-order valence-electron chi connectivity index (χ3n) is 2.52. The molecule has 0 amide bonds. The van der Waals surface area contributed by atoms with Crippen molar-refractivity contribution in [3.05, 3.63) is 52.6 Å². The number of nitrogens with zero attached hydrogens (tertiary/aromatic N) is 2. The molecule has 3 heteroatoms. The van der Waals surface area contributed by atoms with Crippen LogP contribution in [0.15, 0.2) is 47.1 Å². The first-order chi connectivity index (χ1) is 7.68. The van der Waals surface area contributed by atoms with E-state index in [4.69, 9.17) is 0 Å². The minimum Gasteiger partial charge on any atom is -0.329 e. The average Bonchev–Trinajstić information content (AvgIpc) is 2.33. The lowest BCUT2D eigenvalue weighted by atomic mass is 10.2. The van der Waals surface area contributed by atoms with E-state index in [0.717, 1.165) is 16.0 Å². The smallest absolute Gasteiger partial charge is 0.132 e. The molecule has 0 saturated carbocycles. The third kappa shape index (κ3) is 2.25. The Morgan fingerprint density at radius 1 is 1.19 bits per heavy atom. The molecule has 0 saturated heterocycles. The van der Waals surface area contributed by atoms with Crippen LogP contribution in [0.2, 0.25) is 0 Å². The number of pyridine rings is 1. The normalized spacial score (nSPS) is 10.2. The lowest BCUT2D eigenvalue weighted by Crippen LogP contribution is -2.11. The zero-order valence-corrected chi connectivity index (χ0v) is 10.9. The number of hydrogen-bond donors (Lipinski definition) is 0. The summed E-state index contributed by atoms with van der Waals surface area (Å²) in [6.07, 6.45) is 1.84. The van der Waals surface area contributed by atoms with E-state index in [-0.39, 0.29) is 0 Å². The van der Waals surface area contributed by atoms with Crippen LogP contribution < -0.4 is 4.90 Å². The zero-order valence-electron chi connectivity index (χ0n) is 9.31. The molecule has 2 aromatic rings. The van der Waals surface area contributed by atoms with Gasteiger partial charge in [-0.25, -0.2) is 4.98 Å².